The number of carbonyl (C=O) groups is 2. The van der Waals surface area contributed by atoms with E-state index in [0.29, 0.717) is 24.2 Å². The third kappa shape index (κ3) is 2.26. The van der Waals surface area contributed by atoms with Crippen molar-refractivity contribution >= 4 is 29.2 Å². The Hall–Kier alpha value is -1.55. The fourth-order valence-corrected chi connectivity index (χ4v) is 2.24. The Kier molecular flexibility index (Phi) is 3.07. The second-order valence-electron chi connectivity index (χ2n) is 4.11. The van der Waals surface area contributed by atoms with Crippen LogP contribution in [-0.4, -0.2) is 28.9 Å². The van der Waals surface area contributed by atoms with Crippen molar-refractivity contribution in [2.75, 3.05) is 11.4 Å². The van der Waals surface area contributed by atoms with Gasteiger partial charge in [0.05, 0.1) is 10.9 Å². The molecule has 0 spiro atoms. The molecule has 1 fully saturated rings. The van der Waals surface area contributed by atoms with Crippen LogP contribution >= 0.6 is 11.6 Å². The van der Waals surface area contributed by atoms with E-state index in [4.69, 9.17) is 16.7 Å². The minimum absolute atomic E-state index is 0.0209. The van der Waals surface area contributed by atoms with Gasteiger partial charge in [-0.05, 0) is 30.7 Å². The lowest BCUT2D eigenvalue weighted by Gasteiger charge is -2.17. The molecule has 1 N–H and O–H groups in total. The first kappa shape index (κ1) is 11.9. The van der Waals surface area contributed by atoms with E-state index in [2.05, 4.69) is 0 Å². The SMILES string of the molecule is Cc1cc(N2CC(Cl)CC2=O)ccc1C(=O)O. The van der Waals surface area contributed by atoms with E-state index >= 15 is 0 Å². The van der Waals surface area contributed by atoms with Gasteiger partial charge < -0.3 is 10.0 Å². The van der Waals surface area contributed by atoms with E-state index in [1.54, 1.807) is 24.0 Å². The molecule has 1 aliphatic heterocycles. The van der Waals surface area contributed by atoms with Crippen LogP contribution in [0.15, 0.2) is 18.2 Å². The molecule has 1 atom stereocenters. The maximum atomic E-state index is 11.6. The summed E-state index contributed by atoms with van der Waals surface area (Å²) in [4.78, 5) is 24.1. The fraction of sp³-hybridized carbons (Fsp3) is 0.333. The zero-order chi connectivity index (χ0) is 12.6. The van der Waals surface area contributed by atoms with Gasteiger partial charge in [0.15, 0.2) is 0 Å². The smallest absolute Gasteiger partial charge is 0.335 e. The van der Waals surface area contributed by atoms with E-state index < -0.39 is 5.97 Å². The summed E-state index contributed by atoms with van der Waals surface area (Å²) in [6.07, 6.45) is 0.335. The molecule has 4 nitrogen and oxygen atoms in total. The van der Waals surface area contributed by atoms with Crippen molar-refractivity contribution in [1.82, 2.24) is 0 Å². The second kappa shape index (κ2) is 4.37. The van der Waals surface area contributed by atoms with Crippen molar-refractivity contribution in [3.05, 3.63) is 29.3 Å². The Morgan fingerprint density at radius 2 is 2.24 bits per heavy atom. The van der Waals surface area contributed by atoms with Gasteiger partial charge in [0.25, 0.3) is 0 Å². The molecule has 1 heterocycles. The maximum Gasteiger partial charge on any atom is 0.335 e. The number of carbonyl (C=O) groups excluding carboxylic acids is 1. The van der Waals surface area contributed by atoms with Gasteiger partial charge in [0.1, 0.15) is 0 Å². The van der Waals surface area contributed by atoms with Crippen LogP contribution in [0.25, 0.3) is 0 Å². The van der Waals surface area contributed by atoms with Crippen LogP contribution in [0.5, 0.6) is 0 Å². The molecule has 1 unspecified atom stereocenters. The molecule has 1 saturated heterocycles. The molecular weight excluding hydrogens is 242 g/mol. The largest absolute Gasteiger partial charge is 0.478 e. The Labute approximate surface area is 104 Å². The van der Waals surface area contributed by atoms with E-state index in [1.807, 2.05) is 0 Å². The highest BCUT2D eigenvalue weighted by Crippen LogP contribution is 2.26. The predicted molar refractivity (Wildman–Crippen MR) is 64.7 cm³/mol. The number of aromatic carboxylic acids is 1. The molecule has 17 heavy (non-hydrogen) atoms. The summed E-state index contributed by atoms with van der Waals surface area (Å²) >= 11 is 5.92. The Morgan fingerprint density at radius 1 is 1.53 bits per heavy atom. The minimum atomic E-state index is -0.961. The van der Waals surface area contributed by atoms with Crippen LogP contribution in [0.3, 0.4) is 0 Å². The number of amides is 1. The first-order valence-electron chi connectivity index (χ1n) is 5.27. The number of rotatable bonds is 2. The van der Waals surface area contributed by atoms with Crippen molar-refractivity contribution in [2.24, 2.45) is 0 Å². The van der Waals surface area contributed by atoms with Crippen LogP contribution in [0.1, 0.15) is 22.3 Å². The highest BCUT2D eigenvalue weighted by Gasteiger charge is 2.29. The quantitative estimate of drug-likeness (QED) is 0.821. The second-order valence-corrected chi connectivity index (χ2v) is 4.73. The third-order valence-electron chi connectivity index (χ3n) is 2.83. The van der Waals surface area contributed by atoms with Crippen LogP contribution < -0.4 is 4.90 Å². The summed E-state index contributed by atoms with van der Waals surface area (Å²) in [6.45, 7) is 2.19. The fourth-order valence-electron chi connectivity index (χ4n) is 1.97. The minimum Gasteiger partial charge on any atom is -0.478 e. The van der Waals surface area contributed by atoms with Gasteiger partial charge in [-0.1, -0.05) is 0 Å². The van der Waals surface area contributed by atoms with Crippen molar-refractivity contribution in [1.29, 1.82) is 0 Å². The topological polar surface area (TPSA) is 57.6 Å². The van der Waals surface area contributed by atoms with Gasteiger partial charge in [0, 0.05) is 18.7 Å². The summed E-state index contributed by atoms with van der Waals surface area (Å²) in [6, 6.07) is 4.86. The number of hydrogen-bond acceptors (Lipinski definition) is 2. The number of alkyl halides is 1. The Bertz CT molecular complexity index is 487. The van der Waals surface area contributed by atoms with Crippen LogP contribution in [0.4, 0.5) is 5.69 Å². The van der Waals surface area contributed by atoms with Crippen LogP contribution in [0.2, 0.25) is 0 Å². The molecule has 0 radical (unpaired) electrons. The van der Waals surface area contributed by atoms with Gasteiger partial charge in [-0.15, -0.1) is 11.6 Å². The molecule has 0 aromatic heterocycles. The summed E-state index contributed by atoms with van der Waals surface area (Å²) in [5.74, 6) is -0.982. The van der Waals surface area contributed by atoms with Crippen molar-refractivity contribution in [3.8, 4) is 0 Å². The Balaban J connectivity index is 2.32. The number of halogens is 1. The van der Waals surface area contributed by atoms with E-state index in [0.717, 1.165) is 0 Å². The van der Waals surface area contributed by atoms with Gasteiger partial charge in [-0.25, -0.2) is 4.79 Å². The molecule has 1 aromatic rings. The van der Waals surface area contributed by atoms with Gasteiger partial charge in [-0.3, -0.25) is 4.79 Å². The van der Waals surface area contributed by atoms with E-state index in [1.165, 1.54) is 6.07 Å². The number of aryl methyl sites for hydroxylation is 1. The van der Waals surface area contributed by atoms with Gasteiger partial charge in [0.2, 0.25) is 5.91 Å². The first-order valence-corrected chi connectivity index (χ1v) is 5.71. The van der Waals surface area contributed by atoms with Gasteiger partial charge >= 0.3 is 5.97 Å². The molecule has 0 aliphatic carbocycles. The first-order chi connectivity index (χ1) is 7.99. The molecule has 1 amide bonds. The summed E-state index contributed by atoms with van der Waals surface area (Å²) < 4.78 is 0. The molecule has 5 heteroatoms. The number of nitrogens with zero attached hydrogens (tertiary/aromatic N) is 1. The molecule has 1 aromatic carbocycles. The lowest BCUT2D eigenvalue weighted by Crippen LogP contribution is -2.24. The molecule has 0 saturated carbocycles. The maximum absolute atomic E-state index is 11.6. The highest BCUT2D eigenvalue weighted by atomic mass is 35.5. The summed E-state index contributed by atoms with van der Waals surface area (Å²) in [5.41, 5.74) is 1.60. The average Bonchev–Trinajstić information content (AvgIpc) is 2.57. The molecule has 1 aliphatic rings. The lowest BCUT2D eigenvalue weighted by molar-refractivity contribution is -0.117. The van der Waals surface area contributed by atoms with E-state index in [9.17, 15) is 9.59 Å². The Morgan fingerprint density at radius 3 is 2.71 bits per heavy atom. The van der Waals surface area contributed by atoms with Crippen LogP contribution in [0, 0.1) is 6.92 Å². The highest BCUT2D eigenvalue weighted by molar-refractivity contribution is 6.24. The normalized spacial score (nSPS) is 19.8. The number of carboxylic acids is 1. The molecule has 0 bridgehead atoms. The average molecular weight is 254 g/mol. The number of hydrogen-bond donors (Lipinski definition) is 1. The van der Waals surface area contributed by atoms with Crippen molar-refractivity contribution < 1.29 is 14.7 Å². The van der Waals surface area contributed by atoms with Crippen molar-refractivity contribution in [3.63, 3.8) is 0 Å². The number of benzene rings is 1. The van der Waals surface area contributed by atoms with Crippen LogP contribution in [-0.2, 0) is 4.79 Å². The zero-order valence-electron chi connectivity index (χ0n) is 9.31. The standard InChI is InChI=1S/C12H12ClNO3/c1-7-4-9(2-3-10(7)12(16)17)14-6-8(13)5-11(14)15/h2-4,8H,5-6H2,1H3,(H,16,17). The number of carboxylic acid groups (broad SMARTS) is 1. The third-order valence-corrected chi connectivity index (χ3v) is 3.12. The van der Waals surface area contributed by atoms with Crippen molar-refractivity contribution in [2.45, 2.75) is 18.7 Å². The van der Waals surface area contributed by atoms with E-state index in [-0.39, 0.29) is 16.8 Å². The lowest BCUT2D eigenvalue weighted by atomic mass is 10.1. The monoisotopic (exact) mass is 253 g/mol. The van der Waals surface area contributed by atoms with Gasteiger partial charge in [-0.2, -0.15) is 0 Å². The molecule has 90 valence electrons. The predicted octanol–water partition coefficient (Wildman–Crippen LogP) is 2.04. The molecule has 2 rings (SSSR count). The zero-order valence-corrected chi connectivity index (χ0v) is 10.1. The summed E-state index contributed by atoms with van der Waals surface area (Å²) in [5, 5.41) is 8.75. The number of anilines is 1. The molecular formula is C12H12ClNO3. The summed E-state index contributed by atoms with van der Waals surface area (Å²) in [7, 11) is 0.